The number of rotatable bonds is 7. The van der Waals surface area contributed by atoms with Crippen molar-refractivity contribution in [3.05, 3.63) is 30.4 Å². The van der Waals surface area contributed by atoms with E-state index in [0.717, 1.165) is 31.4 Å². The molecule has 1 atom stereocenters. The molecule has 2 rings (SSSR count). The van der Waals surface area contributed by atoms with Gasteiger partial charge in [0.25, 0.3) is 0 Å². The van der Waals surface area contributed by atoms with Crippen LogP contribution in [0.25, 0.3) is 11.4 Å². The van der Waals surface area contributed by atoms with E-state index in [2.05, 4.69) is 34.3 Å². The van der Waals surface area contributed by atoms with E-state index in [1.165, 1.54) is 0 Å². The number of pyridine rings is 1. The second kappa shape index (κ2) is 6.99. The van der Waals surface area contributed by atoms with Gasteiger partial charge in [0, 0.05) is 30.4 Å². The van der Waals surface area contributed by atoms with E-state index in [1.807, 2.05) is 12.1 Å². The summed E-state index contributed by atoms with van der Waals surface area (Å²) in [6.45, 7) is 5.24. The van der Waals surface area contributed by atoms with Crippen LogP contribution in [0.4, 0.5) is 0 Å². The second-order valence-corrected chi connectivity index (χ2v) is 4.50. The maximum absolute atomic E-state index is 5.31. The molecule has 5 heteroatoms. The van der Waals surface area contributed by atoms with Gasteiger partial charge in [0.2, 0.25) is 11.7 Å². The molecule has 0 radical (unpaired) electrons. The molecule has 0 saturated carbocycles. The van der Waals surface area contributed by atoms with Crippen molar-refractivity contribution in [3.63, 3.8) is 0 Å². The third-order valence-corrected chi connectivity index (χ3v) is 2.94. The highest BCUT2D eigenvalue weighted by molar-refractivity contribution is 5.51. The van der Waals surface area contributed by atoms with Crippen LogP contribution in [0.3, 0.4) is 0 Å². The molecule has 2 aromatic heterocycles. The van der Waals surface area contributed by atoms with Crippen molar-refractivity contribution in [2.75, 3.05) is 6.54 Å². The van der Waals surface area contributed by atoms with Gasteiger partial charge in [-0.25, -0.2) is 0 Å². The zero-order chi connectivity index (χ0) is 13.5. The van der Waals surface area contributed by atoms with Crippen molar-refractivity contribution in [1.29, 1.82) is 0 Å². The molecule has 0 spiro atoms. The van der Waals surface area contributed by atoms with Gasteiger partial charge in [-0.15, -0.1) is 0 Å². The molecule has 0 saturated heterocycles. The van der Waals surface area contributed by atoms with Crippen LogP contribution >= 0.6 is 0 Å². The lowest BCUT2D eigenvalue weighted by molar-refractivity contribution is 0.352. The molecule has 0 aliphatic heterocycles. The van der Waals surface area contributed by atoms with Crippen molar-refractivity contribution < 1.29 is 4.52 Å². The topological polar surface area (TPSA) is 63.8 Å². The monoisotopic (exact) mass is 260 g/mol. The molecule has 1 unspecified atom stereocenters. The molecule has 0 amide bonds. The molecular weight excluding hydrogens is 240 g/mol. The largest absolute Gasteiger partial charge is 0.339 e. The lowest BCUT2D eigenvalue weighted by atomic mass is 10.1. The molecule has 0 bridgehead atoms. The minimum Gasteiger partial charge on any atom is -0.339 e. The summed E-state index contributed by atoms with van der Waals surface area (Å²) in [5, 5.41) is 7.45. The predicted molar refractivity (Wildman–Crippen MR) is 73.6 cm³/mol. The van der Waals surface area contributed by atoms with Crippen molar-refractivity contribution in [1.82, 2.24) is 20.4 Å². The quantitative estimate of drug-likeness (QED) is 0.828. The Balaban J connectivity index is 2.04. The normalized spacial score (nSPS) is 12.5. The van der Waals surface area contributed by atoms with Gasteiger partial charge in [0.1, 0.15) is 0 Å². The van der Waals surface area contributed by atoms with Crippen molar-refractivity contribution in [2.45, 2.75) is 39.2 Å². The zero-order valence-electron chi connectivity index (χ0n) is 11.5. The minimum atomic E-state index is 0.400. The van der Waals surface area contributed by atoms with E-state index in [4.69, 9.17) is 4.52 Å². The number of nitrogens with one attached hydrogen (secondary N) is 1. The van der Waals surface area contributed by atoms with E-state index < -0.39 is 0 Å². The van der Waals surface area contributed by atoms with Gasteiger partial charge in [-0.1, -0.05) is 25.4 Å². The summed E-state index contributed by atoms with van der Waals surface area (Å²) in [5.74, 6) is 1.29. The summed E-state index contributed by atoms with van der Waals surface area (Å²) in [6, 6.07) is 4.19. The zero-order valence-corrected chi connectivity index (χ0v) is 11.5. The van der Waals surface area contributed by atoms with Gasteiger partial charge >= 0.3 is 0 Å². The van der Waals surface area contributed by atoms with E-state index in [-0.39, 0.29) is 0 Å². The number of hydrogen-bond donors (Lipinski definition) is 1. The molecule has 5 nitrogen and oxygen atoms in total. The van der Waals surface area contributed by atoms with E-state index >= 15 is 0 Å². The molecule has 102 valence electrons. The Morgan fingerprint density at radius 3 is 2.95 bits per heavy atom. The van der Waals surface area contributed by atoms with Crippen LogP contribution < -0.4 is 5.32 Å². The van der Waals surface area contributed by atoms with E-state index in [0.29, 0.717) is 17.8 Å². The predicted octanol–water partition coefficient (Wildman–Crippen LogP) is 2.45. The summed E-state index contributed by atoms with van der Waals surface area (Å²) >= 11 is 0. The first kappa shape index (κ1) is 13.7. The number of hydrogen-bond acceptors (Lipinski definition) is 5. The Bertz CT molecular complexity index is 477. The van der Waals surface area contributed by atoms with Crippen LogP contribution in [0.5, 0.6) is 0 Å². The third kappa shape index (κ3) is 3.86. The summed E-state index contributed by atoms with van der Waals surface area (Å²) in [7, 11) is 0. The smallest absolute Gasteiger partial charge is 0.228 e. The molecular formula is C14H20N4O. The molecule has 19 heavy (non-hydrogen) atoms. The van der Waals surface area contributed by atoms with Crippen molar-refractivity contribution in [3.8, 4) is 11.4 Å². The van der Waals surface area contributed by atoms with Crippen molar-refractivity contribution in [2.24, 2.45) is 0 Å². The van der Waals surface area contributed by atoms with Gasteiger partial charge in [0.15, 0.2) is 0 Å². The molecule has 0 fully saturated rings. The first-order valence-corrected chi connectivity index (χ1v) is 6.79. The Morgan fingerprint density at radius 1 is 1.37 bits per heavy atom. The minimum absolute atomic E-state index is 0.400. The average Bonchev–Trinajstić information content (AvgIpc) is 2.89. The number of aromatic nitrogens is 3. The molecule has 2 heterocycles. The summed E-state index contributed by atoms with van der Waals surface area (Å²) in [6.07, 6.45) is 6.49. The fraction of sp³-hybridized carbons (Fsp3) is 0.500. The van der Waals surface area contributed by atoms with Crippen LogP contribution in [0.2, 0.25) is 0 Å². The van der Waals surface area contributed by atoms with Crippen LogP contribution in [-0.4, -0.2) is 27.7 Å². The van der Waals surface area contributed by atoms with E-state index in [1.54, 1.807) is 12.4 Å². The fourth-order valence-corrected chi connectivity index (χ4v) is 2.07. The summed E-state index contributed by atoms with van der Waals surface area (Å²) in [5.41, 5.74) is 0.882. The van der Waals surface area contributed by atoms with Gasteiger partial charge < -0.3 is 9.84 Å². The first-order valence-electron chi connectivity index (χ1n) is 6.79. The van der Waals surface area contributed by atoms with Gasteiger partial charge in [-0.2, -0.15) is 4.98 Å². The maximum Gasteiger partial charge on any atom is 0.228 e. The highest BCUT2D eigenvalue weighted by Crippen LogP contribution is 2.15. The highest BCUT2D eigenvalue weighted by atomic mass is 16.5. The Morgan fingerprint density at radius 2 is 2.26 bits per heavy atom. The van der Waals surface area contributed by atoms with Crippen molar-refractivity contribution >= 4 is 0 Å². The molecule has 2 aromatic rings. The SMILES string of the molecule is CCCC(Cc1nc(-c2cccnc2)no1)NCC. The van der Waals surface area contributed by atoms with Crippen LogP contribution in [0.15, 0.2) is 29.0 Å². The van der Waals surface area contributed by atoms with E-state index in [9.17, 15) is 0 Å². The Kier molecular flexibility index (Phi) is 5.03. The average molecular weight is 260 g/mol. The summed E-state index contributed by atoms with van der Waals surface area (Å²) in [4.78, 5) is 8.48. The second-order valence-electron chi connectivity index (χ2n) is 4.50. The number of nitrogens with zero attached hydrogens (tertiary/aromatic N) is 3. The molecule has 1 N–H and O–H groups in total. The van der Waals surface area contributed by atoms with Crippen LogP contribution in [0, 0.1) is 0 Å². The lowest BCUT2D eigenvalue weighted by Gasteiger charge is -2.14. The molecule has 0 aliphatic carbocycles. The fourth-order valence-electron chi connectivity index (χ4n) is 2.07. The Labute approximate surface area is 113 Å². The van der Waals surface area contributed by atoms with Crippen LogP contribution in [-0.2, 0) is 6.42 Å². The molecule has 0 aromatic carbocycles. The Hall–Kier alpha value is -1.75. The number of likely N-dealkylation sites (N-methyl/N-ethyl adjacent to an activating group) is 1. The van der Waals surface area contributed by atoms with Crippen LogP contribution in [0.1, 0.15) is 32.6 Å². The molecule has 0 aliphatic rings. The lowest BCUT2D eigenvalue weighted by Crippen LogP contribution is -2.30. The van der Waals surface area contributed by atoms with Gasteiger partial charge in [-0.05, 0) is 25.1 Å². The first-order chi connectivity index (χ1) is 9.33. The highest BCUT2D eigenvalue weighted by Gasteiger charge is 2.14. The standard InChI is InChI=1S/C14H20N4O/c1-3-6-12(16-4-2)9-13-17-14(18-19-13)11-7-5-8-15-10-11/h5,7-8,10,12,16H,3-4,6,9H2,1-2H3. The van der Waals surface area contributed by atoms with Gasteiger partial charge in [0.05, 0.1) is 0 Å². The maximum atomic E-state index is 5.31. The summed E-state index contributed by atoms with van der Waals surface area (Å²) < 4.78 is 5.31. The van der Waals surface area contributed by atoms with Gasteiger partial charge in [-0.3, -0.25) is 4.98 Å². The third-order valence-electron chi connectivity index (χ3n) is 2.94.